The highest BCUT2D eigenvalue weighted by Crippen LogP contribution is 2.20. The van der Waals surface area contributed by atoms with E-state index in [-0.39, 0.29) is 12.2 Å². The van der Waals surface area contributed by atoms with E-state index in [0.29, 0.717) is 12.6 Å². The topological polar surface area (TPSA) is 41.6 Å². The fourth-order valence-corrected chi connectivity index (χ4v) is 2.85. The lowest BCUT2D eigenvalue weighted by atomic mass is 10.0. The minimum Gasteiger partial charge on any atom is -0.445 e. The second-order valence-electron chi connectivity index (χ2n) is 5.49. The first-order valence-corrected chi connectivity index (χ1v) is 6.98. The summed E-state index contributed by atoms with van der Waals surface area (Å²) in [4.78, 5) is 14.0. The Balaban J connectivity index is 1.60. The molecule has 2 heterocycles. The van der Waals surface area contributed by atoms with E-state index in [1.807, 2.05) is 11.0 Å². The van der Waals surface area contributed by atoms with E-state index in [9.17, 15) is 4.79 Å². The lowest BCUT2D eigenvalue weighted by Crippen LogP contribution is -2.38. The molecule has 0 saturated carbocycles. The van der Waals surface area contributed by atoms with Crippen LogP contribution in [0.2, 0.25) is 0 Å². The second-order valence-corrected chi connectivity index (χ2v) is 5.49. The summed E-state index contributed by atoms with van der Waals surface area (Å²) >= 11 is 0. The summed E-state index contributed by atoms with van der Waals surface area (Å²) in [7, 11) is 0. The van der Waals surface area contributed by atoms with Crippen LogP contribution in [0.3, 0.4) is 0 Å². The molecule has 3 rings (SSSR count). The molecule has 0 aliphatic carbocycles. The van der Waals surface area contributed by atoms with E-state index in [1.165, 1.54) is 11.1 Å². The van der Waals surface area contributed by atoms with Crippen LogP contribution in [0.15, 0.2) is 24.3 Å². The number of benzene rings is 1. The molecule has 1 fully saturated rings. The van der Waals surface area contributed by atoms with Crippen LogP contribution >= 0.6 is 0 Å². The number of carbonyl (C=O) groups is 1. The number of fused-ring (bicyclic) bond motifs is 1. The molecule has 2 aliphatic rings. The lowest BCUT2D eigenvalue weighted by molar-refractivity contribution is 0.0659. The maximum Gasteiger partial charge on any atom is 0.410 e. The predicted octanol–water partition coefficient (Wildman–Crippen LogP) is 1.93. The van der Waals surface area contributed by atoms with Gasteiger partial charge in [-0.2, -0.15) is 0 Å². The van der Waals surface area contributed by atoms with Crippen molar-refractivity contribution in [3.05, 3.63) is 35.4 Å². The van der Waals surface area contributed by atoms with E-state index in [4.69, 9.17) is 4.74 Å². The molecular weight excluding hydrogens is 240 g/mol. The Morgan fingerprint density at radius 3 is 2.89 bits per heavy atom. The molecule has 1 aromatic rings. The average Bonchev–Trinajstić information content (AvgIpc) is 2.83. The van der Waals surface area contributed by atoms with Crippen LogP contribution in [0, 0.1) is 0 Å². The van der Waals surface area contributed by atoms with Crippen LogP contribution in [0.1, 0.15) is 24.5 Å². The van der Waals surface area contributed by atoms with Gasteiger partial charge in [0.2, 0.25) is 0 Å². The largest absolute Gasteiger partial charge is 0.445 e. The smallest absolute Gasteiger partial charge is 0.410 e. The number of nitrogens with one attached hydrogen (secondary N) is 1. The maximum absolute atomic E-state index is 12.1. The molecule has 2 aliphatic heterocycles. The van der Waals surface area contributed by atoms with Gasteiger partial charge < -0.3 is 15.0 Å². The third-order valence-corrected chi connectivity index (χ3v) is 3.97. The molecule has 4 nitrogen and oxygen atoms in total. The van der Waals surface area contributed by atoms with Gasteiger partial charge in [-0.05, 0) is 24.5 Å². The van der Waals surface area contributed by atoms with Gasteiger partial charge in [0.1, 0.15) is 6.10 Å². The van der Waals surface area contributed by atoms with Gasteiger partial charge in [-0.1, -0.05) is 24.3 Å². The van der Waals surface area contributed by atoms with Crippen molar-refractivity contribution in [1.82, 2.24) is 10.2 Å². The number of hydrogen-bond acceptors (Lipinski definition) is 3. The van der Waals surface area contributed by atoms with Crippen molar-refractivity contribution < 1.29 is 9.53 Å². The third kappa shape index (κ3) is 2.73. The van der Waals surface area contributed by atoms with E-state index in [2.05, 4.69) is 30.4 Å². The monoisotopic (exact) mass is 260 g/mol. The van der Waals surface area contributed by atoms with Crippen molar-refractivity contribution in [1.29, 1.82) is 0 Å². The van der Waals surface area contributed by atoms with E-state index >= 15 is 0 Å². The Morgan fingerprint density at radius 1 is 1.37 bits per heavy atom. The minimum absolute atomic E-state index is 0.0275. The first-order valence-electron chi connectivity index (χ1n) is 6.98. The van der Waals surface area contributed by atoms with Crippen LogP contribution in [0.5, 0.6) is 0 Å². The summed E-state index contributed by atoms with van der Waals surface area (Å²) in [5, 5.41) is 3.30. The van der Waals surface area contributed by atoms with Crippen LogP contribution in [0.25, 0.3) is 0 Å². The predicted molar refractivity (Wildman–Crippen MR) is 72.9 cm³/mol. The number of rotatable bonds is 1. The molecule has 4 heteroatoms. The van der Waals surface area contributed by atoms with Crippen molar-refractivity contribution in [2.45, 2.75) is 38.5 Å². The third-order valence-electron chi connectivity index (χ3n) is 3.97. The molecule has 0 bridgehead atoms. The van der Waals surface area contributed by atoms with Crippen molar-refractivity contribution >= 4 is 6.09 Å². The molecule has 1 amide bonds. The Kier molecular flexibility index (Phi) is 3.42. The molecule has 19 heavy (non-hydrogen) atoms. The number of carbonyl (C=O) groups excluding carboxylic acids is 1. The Hall–Kier alpha value is -1.55. The van der Waals surface area contributed by atoms with Gasteiger partial charge in [-0.3, -0.25) is 0 Å². The van der Waals surface area contributed by atoms with Crippen LogP contribution < -0.4 is 5.32 Å². The lowest BCUT2D eigenvalue weighted by Gasteiger charge is -2.29. The van der Waals surface area contributed by atoms with E-state index in [0.717, 1.165) is 25.9 Å². The number of amides is 1. The molecule has 102 valence electrons. The fourth-order valence-electron chi connectivity index (χ4n) is 2.85. The molecule has 1 N–H and O–H groups in total. The summed E-state index contributed by atoms with van der Waals surface area (Å²) < 4.78 is 5.56. The van der Waals surface area contributed by atoms with E-state index < -0.39 is 0 Å². The van der Waals surface area contributed by atoms with Crippen molar-refractivity contribution in [2.24, 2.45) is 0 Å². The Labute approximate surface area is 113 Å². The van der Waals surface area contributed by atoms with Crippen molar-refractivity contribution in [3.8, 4) is 0 Å². The maximum atomic E-state index is 12.1. The van der Waals surface area contributed by atoms with E-state index in [1.54, 1.807) is 0 Å². The van der Waals surface area contributed by atoms with Crippen LogP contribution in [-0.4, -0.2) is 36.2 Å². The van der Waals surface area contributed by atoms with Gasteiger partial charge in [0.05, 0.1) is 0 Å². The van der Waals surface area contributed by atoms with Gasteiger partial charge in [0, 0.05) is 32.1 Å². The summed E-state index contributed by atoms with van der Waals surface area (Å²) in [6, 6.07) is 8.75. The Morgan fingerprint density at radius 2 is 2.16 bits per heavy atom. The molecule has 1 saturated heterocycles. The number of nitrogens with zero attached hydrogens (tertiary/aromatic N) is 1. The number of hydrogen-bond donors (Lipinski definition) is 1. The quantitative estimate of drug-likeness (QED) is 0.839. The van der Waals surface area contributed by atoms with Gasteiger partial charge >= 0.3 is 6.09 Å². The number of ether oxygens (including phenoxy) is 1. The molecule has 0 spiro atoms. The molecule has 1 aromatic carbocycles. The molecule has 2 unspecified atom stereocenters. The summed E-state index contributed by atoms with van der Waals surface area (Å²) in [5.74, 6) is 0. The van der Waals surface area contributed by atoms with Gasteiger partial charge in [0.25, 0.3) is 0 Å². The molecular formula is C15H20N2O2. The molecule has 0 radical (unpaired) electrons. The Bertz CT molecular complexity index is 475. The van der Waals surface area contributed by atoms with Crippen LogP contribution in [-0.2, 0) is 17.7 Å². The first kappa shape index (κ1) is 12.5. The zero-order chi connectivity index (χ0) is 13.2. The van der Waals surface area contributed by atoms with Crippen molar-refractivity contribution in [3.63, 3.8) is 0 Å². The highest BCUT2D eigenvalue weighted by Gasteiger charge is 2.27. The average molecular weight is 260 g/mol. The normalized spacial score (nSPS) is 26.1. The zero-order valence-electron chi connectivity index (χ0n) is 11.3. The molecule has 0 aromatic heterocycles. The van der Waals surface area contributed by atoms with Gasteiger partial charge in [-0.15, -0.1) is 0 Å². The fraction of sp³-hybridized carbons (Fsp3) is 0.533. The second kappa shape index (κ2) is 5.21. The first-order chi connectivity index (χ1) is 9.22. The summed E-state index contributed by atoms with van der Waals surface area (Å²) in [6.45, 7) is 4.32. The highest BCUT2D eigenvalue weighted by molar-refractivity contribution is 5.68. The SMILES string of the molecule is CC1CC(OC(=O)N2CCc3ccccc3C2)CN1. The van der Waals surface area contributed by atoms with Gasteiger partial charge in [-0.25, -0.2) is 4.79 Å². The summed E-state index contributed by atoms with van der Waals surface area (Å²) in [6.07, 6.45) is 1.69. The minimum atomic E-state index is -0.171. The highest BCUT2D eigenvalue weighted by atomic mass is 16.6. The zero-order valence-corrected chi connectivity index (χ0v) is 11.3. The van der Waals surface area contributed by atoms with Crippen molar-refractivity contribution in [2.75, 3.05) is 13.1 Å². The molecule has 2 atom stereocenters. The standard InChI is InChI=1S/C15H20N2O2/c1-11-8-14(9-16-11)19-15(18)17-7-6-12-4-2-3-5-13(12)10-17/h2-5,11,14,16H,6-10H2,1H3. The van der Waals surface area contributed by atoms with Crippen LogP contribution in [0.4, 0.5) is 4.79 Å². The van der Waals surface area contributed by atoms with Gasteiger partial charge in [0.15, 0.2) is 0 Å². The summed E-state index contributed by atoms with van der Waals surface area (Å²) in [5.41, 5.74) is 2.59.